The molecule has 1 atom stereocenters. The minimum absolute atomic E-state index is 0.681. The highest BCUT2D eigenvalue weighted by Gasteiger charge is 2.18. The summed E-state index contributed by atoms with van der Waals surface area (Å²) in [5.41, 5.74) is 1.47. The lowest BCUT2D eigenvalue weighted by Crippen LogP contribution is -2.30. The topological polar surface area (TPSA) is 3.24 Å². The normalized spacial score (nSPS) is 24.5. The summed E-state index contributed by atoms with van der Waals surface area (Å²) in [4.78, 5) is 2.41. The second-order valence-electron chi connectivity index (χ2n) is 3.53. The predicted molar refractivity (Wildman–Crippen MR) is 59.1 cm³/mol. The Morgan fingerprint density at radius 2 is 2.08 bits per heavy atom. The third-order valence-electron chi connectivity index (χ3n) is 2.44. The minimum atomic E-state index is 0.681. The molecule has 0 saturated carbocycles. The van der Waals surface area contributed by atoms with Crippen LogP contribution in [0.5, 0.6) is 0 Å². The summed E-state index contributed by atoms with van der Waals surface area (Å²) in [7, 11) is 2.20. The first-order chi connectivity index (χ1) is 6.36. The molecule has 0 radical (unpaired) electrons. The first-order valence-electron chi connectivity index (χ1n) is 4.71. The molecule has 0 amide bonds. The Kier molecular flexibility index (Phi) is 2.91. The molecule has 0 aromatic heterocycles. The molecule has 1 aliphatic rings. The smallest absolute Gasteiger partial charge is 0.0424 e. The van der Waals surface area contributed by atoms with Gasteiger partial charge in [-0.15, -0.1) is 0 Å². The van der Waals surface area contributed by atoms with Gasteiger partial charge < -0.3 is 4.90 Å². The van der Waals surface area contributed by atoms with Gasteiger partial charge in [0, 0.05) is 24.1 Å². The lowest BCUT2D eigenvalue weighted by Gasteiger charge is -2.29. The van der Waals surface area contributed by atoms with E-state index in [1.54, 1.807) is 0 Å². The van der Waals surface area contributed by atoms with Gasteiger partial charge in [0.25, 0.3) is 0 Å². The van der Waals surface area contributed by atoms with Gasteiger partial charge in [-0.3, -0.25) is 0 Å². The maximum Gasteiger partial charge on any atom is 0.0424 e. The van der Waals surface area contributed by atoms with Crippen molar-refractivity contribution in [2.45, 2.75) is 5.25 Å². The summed E-state index contributed by atoms with van der Waals surface area (Å²) in [6, 6.07) is 10.8. The highest BCUT2D eigenvalue weighted by atomic mass is 32.2. The predicted octanol–water partition coefficient (Wildman–Crippen LogP) is 2.41. The van der Waals surface area contributed by atoms with E-state index in [0.717, 1.165) is 0 Å². The zero-order valence-corrected chi connectivity index (χ0v) is 8.76. The zero-order valence-electron chi connectivity index (χ0n) is 7.94. The standard InChI is InChI=1S/C11H15NS/c1-12-7-8-13-11(9-12)10-5-3-2-4-6-10/h2-6,11H,7-9H2,1H3. The van der Waals surface area contributed by atoms with E-state index in [-0.39, 0.29) is 0 Å². The highest BCUT2D eigenvalue weighted by molar-refractivity contribution is 7.99. The molecule has 1 aromatic carbocycles. The van der Waals surface area contributed by atoms with E-state index in [1.807, 2.05) is 0 Å². The van der Waals surface area contributed by atoms with E-state index in [1.165, 1.54) is 24.4 Å². The summed E-state index contributed by atoms with van der Waals surface area (Å²) < 4.78 is 0. The molecular weight excluding hydrogens is 178 g/mol. The van der Waals surface area contributed by atoms with E-state index in [4.69, 9.17) is 0 Å². The summed E-state index contributed by atoms with van der Waals surface area (Å²) in [5.74, 6) is 1.26. The van der Waals surface area contributed by atoms with Gasteiger partial charge in [0.2, 0.25) is 0 Å². The largest absolute Gasteiger partial charge is 0.304 e. The van der Waals surface area contributed by atoms with Crippen molar-refractivity contribution in [1.82, 2.24) is 4.90 Å². The van der Waals surface area contributed by atoms with Crippen molar-refractivity contribution in [3.63, 3.8) is 0 Å². The molecule has 1 heterocycles. The summed E-state index contributed by atoms with van der Waals surface area (Å²) in [6.07, 6.45) is 0. The fourth-order valence-electron chi connectivity index (χ4n) is 1.65. The molecule has 0 bridgehead atoms. The van der Waals surface area contributed by atoms with E-state index in [9.17, 15) is 0 Å². The van der Waals surface area contributed by atoms with E-state index >= 15 is 0 Å². The maximum absolute atomic E-state index is 2.41. The Labute approximate surface area is 84.1 Å². The molecule has 0 aliphatic carbocycles. The van der Waals surface area contributed by atoms with Crippen LogP contribution < -0.4 is 0 Å². The van der Waals surface area contributed by atoms with Gasteiger partial charge >= 0.3 is 0 Å². The number of thioether (sulfide) groups is 1. The van der Waals surface area contributed by atoms with Crippen LogP contribution in [-0.2, 0) is 0 Å². The second kappa shape index (κ2) is 4.16. The molecule has 70 valence electrons. The van der Waals surface area contributed by atoms with Gasteiger partial charge in [-0.05, 0) is 12.6 Å². The van der Waals surface area contributed by atoms with Crippen LogP contribution in [0.4, 0.5) is 0 Å². The van der Waals surface area contributed by atoms with Crippen LogP contribution in [0.25, 0.3) is 0 Å². The van der Waals surface area contributed by atoms with Crippen molar-refractivity contribution in [2.24, 2.45) is 0 Å². The van der Waals surface area contributed by atoms with Gasteiger partial charge in [-0.1, -0.05) is 30.3 Å². The van der Waals surface area contributed by atoms with Crippen LogP contribution in [0.1, 0.15) is 10.8 Å². The van der Waals surface area contributed by atoms with Crippen LogP contribution in [0.3, 0.4) is 0 Å². The van der Waals surface area contributed by atoms with Crippen molar-refractivity contribution in [3.05, 3.63) is 35.9 Å². The zero-order chi connectivity index (χ0) is 9.10. The number of rotatable bonds is 1. The highest BCUT2D eigenvalue weighted by Crippen LogP contribution is 2.32. The molecule has 0 N–H and O–H groups in total. The summed E-state index contributed by atoms with van der Waals surface area (Å²) in [6.45, 7) is 2.42. The second-order valence-corrected chi connectivity index (χ2v) is 4.84. The molecule has 2 rings (SSSR count). The van der Waals surface area contributed by atoms with Crippen molar-refractivity contribution >= 4 is 11.8 Å². The minimum Gasteiger partial charge on any atom is -0.304 e. The van der Waals surface area contributed by atoms with Crippen LogP contribution in [-0.4, -0.2) is 30.8 Å². The molecule has 1 unspecified atom stereocenters. The van der Waals surface area contributed by atoms with Gasteiger partial charge in [-0.2, -0.15) is 11.8 Å². The molecule has 0 spiro atoms. The number of hydrogen-bond acceptors (Lipinski definition) is 2. The van der Waals surface area contributed by atoms with E-state index < -0.39 is 0 Å². The molecular formula is C11H15NS. The molecule has 1 aliphatic heterocycles. The lowest BCUT2D eigenvalue weighted by molar-refractivity contribution is 0.347. The first-order valence-corrected chi connectivity index (χ1v) is 5.76. The van der Waals surface area contributed by atoms with Crippen molar-refractivity contribution in [2.75, 3.05) is 25.9 Å². The van der Waals surface area contributed by atoms with Crippen LogP contribution in [0.15, 0.2) is 30.3 Å². The molecule has 1 aromatic rings. The van der Waals surface area contributed by atoms with Crippen LogP contribution in [0, 0.1) is 0 Å². The van der Waals surface area contributed by atoms with Gasteiger partial charge in [0.1, 0.15) is 0 Å². The average Bonchev–Trinajstić information content (AvgIpc) is 2.19. The molecule has 1 fully saturated rings. The quantitative estimate of drug-likeness (QED) is 0.674. The third kappa shape index (κ3) is 2.26. The van der Waals surface area contributed by atoms with E-state index in [2.05, 4.69) is 54.0 Å². The van der Waals surface area contributed by atoms with Crippen molar-refractivity contribution < 1.29 is 0 Å². The van der Waals surface area contributed by atoms with Crippen molar-refractivity contribution in [1.29, 1.82) is 0 Å². The molecule has 1 saturated heterocycles. The van der Waals surface area contributed by atoms with Crippen LogP contribution in [0.2, 0.25) is 0 Å². The fourth-order valence-corrected chi connectivity index (χ4v) is 3.06. The Balaban J connectivity index is 2.08. The Morgan fingerprint density at radius 1 is 1.31 bits per heavy atom. The fraction of sp³-hybridized carbons (Fsp3) is 0.455. The third-order valence-corrected chi connectivity index (χ3v) is 3.68. The Morgan fingerprint density at radius 3 is 2.77 bits per heavy atom. The number of hydrogen-bond donors (Lipinski definition) is 0. The number of benzene rings is 1. The lowest BCUT2D eigenvalue weighted by atomic mass is 10.1. The molecule has 1 nitrogen and oxygen atoms in total. The summed E-state index contributed by atoms with van der Waals surface area (Å²) >= 11 is 2.08. The monoisotopic (exact) mass is 193 g/mol. The van der Waals surface area contributed by atoms with Gasteiger partial charge in [-0.25, -0.2) is 0 Å². The SMILES string of the molecule is CN1CCSC(c2ccccc2)C1. The molecule has 13 heavy (non-hydrogen) atoms. The summed E-state index contributed by atoms with van der Waals surface area (Å²) in [5, 5.41) is 0.681. The van der Waals surface area contributed by atoms with E-state index in [0.29, 0.717) is 5.25 Å². The van der Waals surface area contributed by atoms with Crippen LogP contribution >= 0.6 is 11.8 Å². The van der Waals surface area contributed by atoms with Gasteiger partial charge in [0.05, 0.1) is 0 Å². The molecule has 2 heteroatoms. The van der Waals surface area contributed by atoms with Crippen molar-refractivity contribution in [3.8, 4) is 0 Å². The number of nitrogens with zero attached hydrogens (tertiary/aromatic N) is 1. The maximum atomic E-state index is 2.41. The Hall–Kier alpha value is -0.470. The Bertz CT molecular complexity index is 260. The first kappa shape index (κ1) is 9.10. The van der Waals surface area contributed by atoms with Gasteiger partial charge in [0.15, 0.2) is 0 Å². The number of likely N-dealkylation sites (N-methyl/N-ethyl adjacent to an activating group) is 1. The average molecular weight is 193 g/mol.